The van der Waals surface area contributed by atoms with Crippen LogP contribution in [0.5, 0.6) is 5.88 Å². The highest BCUT2D eigenvalue weighted by Gasteiger charge is 2.13. The number of aliphatic hydroxyl groups is 1. The van der Waals surface area contributed by atoms with Crippen LogP contribution in [0.2, 0.25) is 5.15 Å². The lowest BCUT2D eigenvalue weighted by molar-refractivity contribution is 0.198. The average molecular weight is 605 g/mol. The Hall–Kier alpha value is -2.01. The van der Waals surface area contributed by atoms with Gasteiger partial charge in [-0.1, -0.05) is 57.3 Å². The predicted molar refractivity (Wildman–Crippen MR) is 131 cm³/mol. The Morgan fingerprint density at radius 1 is 0.848 bits per heavy atom. The Morgan fingerprint density at radius 2 is 1.36 bits per heavy atom. The molecule has 11 heteroatoms. The van der Waals surface area contributed by atoms with Crippen LogP contribution in [0, 0.1) is 11.6 Å². The predicted octanol–water partition coefficient (Wildman–Crippen LogP) is 6.21. The molecule has 33 heavy (non-hydrogen) atoms. The van der Waals surface area contributed by atoms with Gasteiger partial charge in [0.1, 0.15) is 34.4 Å². The van der Waals surface area contributed by atoms with Gasteiger partial charge < -0.3 is 9.84 Å². The molecular formula is C22H19Br2ClF2N4O2. The minimum Gasteiger partial charge on any atom is -0.475 e. The molecule has 1 N–H and O–H groups in total. The zero-order valence-electron chi connectivity index (χ0n) is 17.7. The number of hydrogen-bond acceptors (Lipinski definition) is 6. The number of aromatic nitrogens is 4. The smallest absolute Gasteiger partial charge is 0.224 e. The molecule has 0 saturated heterocycles. The third-order valence-electron chi connectivity index (χ3n) is 4.41. The fourth-order valence-electron chi connectivity index (χ4n) is 2.91. The number of fused-ring (bicyclic) bond motifs is 2. The maximum absolute atomic E-state index is 13.8. The second kappa shape index (κ2) is 11.4. The lowest BCUT2D eigenvalue weighted by Gasteiger charge is -2.09. The Balaban J connectivity index is 0.000000189. The summed E-state index contributed by atoms with van der Waals surface area (Å²) in [5, 5.41) is 10.1. The van der Waals surface area contributed by atoms with Crippen molar-refractivity contribution in [3.8, 4) is 5.88 Å². The van der Waals surface area contributed by atoms with E-state index in [1.165, 1.54) is 12.1 Å². The maximum atomic E-state index is 13.8. The number of hydrogen-bond donors (Lipinski definition) is 1. The number of halogens is 5. The molecule has 4 rings (SSSR count). The van der Waals surface area contributed by atoms with Crippen molar-refractivity contribution in [3.05, 3.63) is 61.6 Å². The van der Waals surface area contributed by atoms with Gasteiger partial charge in [0.25, 0.3) is 0 Å². The molecule has 2 aromatic carbocycles. The molecule has 0 aliphatic carbocycles. The molecule has 2 heterocycles. The first kappa shape index (κ1) is 25.6. The summed E-state index contributed by atoms with van der Waals surface area (Å²) < 4.78 is 34.0. The zero-order chi connectivity index (χ0) is 24.1. The first-order chi connectivity index (χ1) is 15.8. The minimum absolute atomic E-state index is 0.114. The normalized spacial score (nSPS) is 10.9. The highest BCUT2D eigenvalue weighted by molar-refractivity contribution is 9.10. The molecule has 0 unspecified atom stereocenters. The Labute approximate surface area is 210 Å². The number of nitrogens with zero attached hydrogens (tertiary/aromatic N) is 4. The number of benzene rings is 2. The second-order valence-corrected chi connectivity index (χ2v) is 8.91. The van der Waals surface area contributed by atoms with Gasteiger partial charge in [-0.2, -0.15) is 4.98 Å². The SMILES string of the molecule is CCc1nc(Cl)c2cc(Br)cc(F)c2n1.CCc1nc(OCCO)c2cc(Br)cc(F)c2n1. The van der Waals surface area contributed by atoms with E-state index in [1.807, 2.05) is 13.8 Å². The van der Waals surface area contributed by atoms with Gasteiger partial charge in [0.2, 0.25) is 5.88 Å². The van der Waals surface area contributed by atoms with Crippen molar-refractivity contribution in [1.82, 2.24) is 19.9 Å². The molecule has 0 atom stereocenters. The lowest BCUT2D eigenvalue weighted by Crippen LogP contribution is -2.06. The van der Waals surface area contributed by atoms with Crippen molar-refractivity contribution >= 4 is 65.3 Å². The molecule has 0 amide bonds. The van der Waals surface area contributed by atoms with Crippen LogP contribution in [0.25, 0.3) is 21.8 Å². The highest BCUT2D eigenvalue weighted by Crippen LogP contribution is 2.29. The first-order valence-corrected chi connectivity index (χ1v) is 11.9. The van der Waals surface area contributed by atoms with E-state index < -0.39 is 11.6 Å². The van der Waals surface area contributed by atoms with Crippen molar-refractivity contribution in [2.75, 3.05) is 13.2 Å². The minimum atomic E-state index is -0.426. The maximum Gasteiger partial charge on any atom is 0.224 e. The van der Waals surface area contributed by atoms with E-state index in [2.05, 4.69) is 51.8 Å². The number of rotatable bonds is 5. The Bertz CT molecular complexity index is 1310. The molecule has 4 aromatic rings. The van der Waals surface area contributed by atoms with E-state index in [-0.39, 0.29) is 29.4 Å². The third-order valence-corrected chi connectivity index (χ3v) is 5.61. The summed E-state index contributed by atoms with van der Waals surface area (Å²) in [6.07, 6.45) is 1.21. The topological polar surface area (TPSA) is 81.0 Å². The van der Waals surface area contributed by atoms with Gasteiger partial charge in [0.05, 0.1) is 12.0 Å². The molecule has 0 radical (unpaired) electrons. The molecule has 0 aliphatic rings. The molecule has 174 valence electrons. The summed E-state index contributed by atoms with van der Waals surface area (Å²) in [7, 11) is 0. The summed E-state index contributed by atoms with van der Waals surface area (Å²) in [4.78, 5) is 16.5. The summed E-state index contributed by atoms with van der Waals surface area (Å²) in [6, 6.07) is 6.13. The van der Waals surface area contributed by atoms with Gasteiger partial charge in [0, 0.05) is 27.2 Å². The van der Waals surface area contributed by atoms with E-state index in [1.54, 1.807) is 12.1 Å². The van der Waals surface area contributed by atoms with Crippen LogP contribution in [0.15, 0.2) is 33.2 Å². The van der Waals surface area contributed by atoms with E-state index >= 15 is 0 Å². The van der Waals surface area contributed by atoms with Crippen LogP contribution < -0.4 is 4.74 Å². The molecule has 0 bridgehead atoms. The highest BCUT2D eigenvalue weighted by atomic mass is 79.9. The quantitative estimate of drug-likeness (QED) is 0.273. The number of aliphatic hydroxyl groups excluding tert-OH is 1. The number of ether oxygens (including phenoxy) is 1. The van der Waals surface area contributed by atoms with E-state index in [4.69, 9.17) is 21.4 Å². The largest absolute Gasteiger partial charge is 0.475 e. The van der Waals surface area contributed by atoms with Crippen molar-refractivity contribution < 1.29 is 18.6 Å². The van der Waals surface area contributed by atoms with Crippen molar-refractivity contribution in [3.63, 3.8) is 0 Å². The number of aryl methyl sites for hydroxylation is 2. The summed E-state index contributed by atoms with van der Waals surface area (Å²) in [5.41, 5.74) is 0.507. The Morgan fingerprint density at radius 3 is 1.91 bits per heavy atom. The van der Waals surface area contributed by atoms with Crippen LogP contribution in [-0.4, -0.2) is 38.3 Å². The van der Waals surface area contributed by atoms with Gasteiger partial charge in [-0.15, -0.1) is 0 Å². The van der Waals surface area contributed by atoms with Crippen LogP contribution in [0.1, 0.15) is 25.5 Å². The van der Waals surface area contributed by atoms with Crippen LogP contribution in [0.3, 0.4) is 0 Å². The monoisotopic (exact) mass is 602 g/mol. The average Bonchev–Trinajstić information content (AvgIpc) is 2.78. The fourth-order valence-corrected chi connectivity index (χ4v) is 4.01. The fraction of sp³-hybridized carbons (Fsp3) is 0.273. The van der Waals surface area contributed by atoms with Crippen LogP contribution in [0.4, 0.5) is 8.78 Å². The van der Waals surface area contributed by atoms with E-state index in [0.29, 0.717) is 50.1 Å². The molecule has 0 saturated carbocycles. The van der Waals surface area contributed by atoms with E-state index in [0.717, 1.165) is 0 Å². The molecule has 6 nitrogen and oxygen atoms in total. The van der Waals surface area contributed by atoms with E-state index in [9.17, 15) is 8.78 Å². The first-order valence-electron chi connectivity index (χ1n) is 9.97. The lowest BCUT2D eigenvalue weighted by atomic mass is 10.2. The van der Waals surface area contributed by atoms with Crippen molar-refractivity contribution in [2.45, 2.75) is 26.7 Å². The van der Waals surface area contributed by atoms with Crippen LogP contribution >= 0.6 is 43.5 Å². The van der Waals surface area contributed by atoms with Gasteiger partial charge in [-0.3, -0.25) is 0 Å². The second-order valence-electron chi connectivity index (χ2n) is 6.72. The molecule has 0 spiro atoms. The summed E-state index contributed by atoms with van der Waals surface area (Å²) in [5.74, 6) is 0.542. The molecular weight excluding hydrogens is 586 g/mol. The molecule has 2 aromatic heterocycles. The molecule has 0 fully saturated rings. The van der Waals surface area contributed by atoms with Crippen LogP contribution in [-0.2, 0) is 12.8 Å². The molecule has 0 aliphatic heterocycles. The standard InChI is InChI=1S/C12H12BrFN2O2.C10H7BrClFN2/c1-2-10-15-11-8(5-7(13)6-9(11)14)12(16-10)18-4-3-17;1-2-8-14-9-6(10(12)15-8)3-5(11)4-7(9)13/h5-6,17H,2-4H2,1H3;3-4H,2H2,1H3. The van der Waals surface area contributed by atoms with Gasteiger partial charge in [0.15, 0.2) is 11.6 Å². The van der Waals surface area contributed by atoms with Crippen molar-refractivity contribution in [2.24, 2.45) is 0 Å². The third kappa shape index (κ3) is 6.11. The van der Waals surface area contributed by atoms with Gasteiger partial charge >= 0.3 is 0 Å². The zero-order valence-corrected chi connectivity index (χ0v) is 21.6. The Kier molecular flexibility index (Phi) is 8.86. The van der Waals surface area contributed by atoms with Crippen molar-refractivity contribution in [1.29, 1.82) is 0 Å². The van der Waals surface area contributed by atoms with Gasteiger partial charge in [-0.25, -0.2) is 23.7 Å². The van der Waals surface area contributed by atoms with Gasteiger partial charge in [-0.05, 0) is 24.3 Å². The summed E-state index contributed by atoms with van der Waals surface area (Å²) >= 11 is 12.4. The summed E-state index contributed by atoms with van der Waals surface area (Å²) in [6.45, 7) is 3.77.